The Labute approximate surface area is 158 Å². The summed E-state index contributed by atoms with van der Waals surface area (Å²) >= 11 is 0. The van der Waals surface area contributed by atoms with Gasteiger partial charge in [0.05, 0.1) is 17.8 Å². The van der Waals surface area contributed by atoms with Crippen LogP contribution in [0.3, 0.4) is 0 Å². The van der Waals surface area contributed by atoms with Gasteiger partial charge in [-0.2, -0.15) is 0 Å². The third-order valence-corrected chi connectivity index (χ3v) is 6.40. The molecule has 1 amide bonds. The average molecular weight is 412 g/mol. The van der Waals surface area contributed by atoms with Crippen LogP contribution in [-0.2, 0) is 24.7 Å². The Balaban J connectivity index is 2.09. The van der Waals surface area contributed by atoms with E-state index in [4.69, 9.17) is 9.88 Å². The second kappa shape index (κ2) is 8.07. The lowest BCUT2D eigenvalue weighted by molar-refractivity contribution is -0.115. The molecule has 0 saturated carbocycles. The highest BCUT2D eigenvalue weighted by Crippen LogP contribution is 2.26. The zero-order valence-corrected chi connectivity index (χ0v) is 16.4. The van der Waals surface area contributed by atoms with E-state index in [0.717, 1.165) is 11.6 Å². The van der Waals surface area contributed by atoms with E-state index < -0.39 is 25.8 Å². The summed E-state index contributed by atoms with van der Waals surface area (Å²) < 4.78 is 52.7. The van der Waals surface area contributed by atoms with Crippen molar-refractivity contribution in [3.05, 3.63) is 48.0 Å². The molecule has 0 atom stereocenters. The predicted octanol–water partition coefficient (Wildman–Crippen LogP) is 1.45. The van der Waals surface area contributed by atoms with Gasteiger partial charge in [0.15, 0.2) is 9.84 Å². The predicted molar refractivity (Wildman–Crippen MR) is 101 cm³/mol. The maximum absolute atomic E-state index is 12.3. The van der Waals surface area contributed by atoms with Gasteiger partial charge in [0.25, 0.3) is 0 Å². The second-order valence-corrected chi connectivity index (χ2v) is 9.48. The number of carbonyl (C=O) groups is 1. The van der Waals surface area contributed by atoms with Crippen molar-refractivity contribution in [2.24, 2.45) is 5.14 Å². The van der Waals surface area contributed by atoms with Gasteiger partial charge < -0.3 is 10.1 Å². The SMILES string of the molecule is COc1ccc(NC(=O)CCS(=O)(=O)c2ccc(C)cc2)cc1S(N)(=O)=O. The number of methoxy groups -OCH3 is 1. The highest BCUT2D eigenvalue weighted by molar-refractivity contribution is 7.91. The number of nitrogens with two attached hydrogens (primary N) is 1. The van der Waals surface area contributed by atoms with Crippen LogP contribution in [0.1, 0.15) is 12.0 Å². The van der Waals surface area contributed by atoms with Crippen molar-refractivity contribution in [3.8, 4) is 5.75 Å². The van der Waals surface area contributed by atoms with Gasteiger partial charge in [-0.15, -0.1) is 0 Å². The molecule has 8 nitrogen and oxygen atoms in total. The molecule has 10 heteroatoms. The van der Waals surface area contributed by atoms with Gasteiger partial charge in [0, 0.05) is 12.1 Å². The van der Waals surface area contributed by atoms with Gasteiger partial charge in [0.1, 0.15) is 10.6 Å². The van der Waals surface area contributed by atoms with Crippen molar-refractivity contribution < 1.29 is 26.4 Å². The number of primary sulfonamides is 1. The second-order valence-electron chi connectivity index (χ2n) is 5.84. The van der Waals surface area contributed by atoms with Crippen molar-refractivity contribution in [2.45, 2.75) is 23.1 Å². The molecule has 0 fully saturated rings. The third kappa shape index (κ3) is 5.52. The molecule has 2 aromatic rings. The maximum atomic E-state index is 12.3. The summed E-state index contributed by atoms with van der Waals surface area (Å²) in [5, 5.41) is 7.58. The van der Waals surface area contributed by atoms with Crippen LogP contribution in [0.15, 0.2) is 52.3 Å². The lowest BCUT2D eigenvalue weighted by atomic mass is 10.2. The molecule has 0 heterocycles. The van der Waals surface area contributed by atoms with E-state index in [-0.39, 0.29) is 33.4 Å². The molecule has 0 saturated heterocycles. The number of benzene rings is 2. The van der Waals surface area contributed by atoms with Crippen molar-refractivity contribution in [1.29, 1.82) is 0 Å². The summed E-state index contributed by atoms with van der Waals surface area (Å²) in [4.78, 5) is 11.9. The van der Waals surface area contributed by atoms with E-state index in [1.165, 1.54) is 31.4 Å². The maximum Gasteiger partial charge on any atom is 0.241 e. The van der Waals surface area contributed by atoms with Crippen LogP contribution in [0.5, 0.6) is 5.75 Å². The van der Waals surface area contributed by atoms with Crippen molar-refractivity contribution in [2.75, 3.05) is 18.2 Å². The molecule has 0 unspecified atom stereocenters. The van der Waals surface area contributed by atoms with Gasteiger partial charge in [-0.05, 0) is 37.3 Å². The first-order valence-corrected chi connectivity index (χ1v) is 11.0. The zero-order chi connectivity index (χ0) is 20.2. The molecule has 0 bridgehead atoms. The lowest BCUT2D eigenvalue weighted by Crippen LogP contribution is -2.18. The van der Waals surface area contributed by atoms with E-state index >= 15 is 0 Å². The number of hydrogen-bond donors (Lipinski definition) is 2. The molecule has 0 aliphatic rings. The molecular weight excluding hydrogens is 392 g/mol. The summed E-state index contributed by atoms with van der Waals surface area (Å²) in [6.07, 6.45) is -0.285. The van der Waals surface area contributed by atoms with Crippen molar-refractivity contribution in [3.63, 3.8) is 0 Å². The lowest BCUT2D eigenvalue weighted by Gasteiger charge is -2.10. The first-order chi connectivity index (χ1) is 12.5. The largest absolute Gasteiger partial charge is 0.495 e. The first kappa shape index (κ1) is 20.9. The Kier molecular flexibility index (Phi) is 6.24. The van der Waals surface area contributed by atoms with Crippen molar-refractivity contribution >= 4 is 31.5 Å². The van der Waals surface area contributed by atoms with Gasteiger partial charge in [0.2, 0.25) is 15.9 Å². The summed E-state index contributed by atoms with van der Waals surface area (Å²) in [7, 11) is -6.36. The third-order valence-electron chi connectivity index (χ3n) is 3.73. The normalized spacial score (nSPS) is 11.8. The number of sulfone groups is 1. The molecule has 2 aromatic carbocycles. The molecule has 0 aromatic heterocycles. The van der Waals surface area contributed by atoms with Crippen LogP contribution in [0.2, 0.25) is 0 Å². The average Bonchev–Trinajstić information content (AvgIpc) is 2.60. The minimum atomic E-state index is -4.05. The zero-order valence-electron chi connectivity index (χ0n) is 14.8. The number of sulfonamides is 1. The molecule has 0 aliphatic heterocycles. The van der Waals surface area contributed by atoms with Crippen LogP contribution in [0, 0.1) is 6.92 Å². The van der Waals surface area contributed by atoms with Crippen LogP contribution in [0.4, 0.5) is 5.69 Å². The molecular formula is C17H20N2O6S2. The smallest absolute Gasteiger partial charge is 0.241 e. The Morgan fingerprint density at radius 1 is 1.07 bits per heavy atom. The summed E-state index contributed by atoms with van der Waals surface area (Å²) in [5.41, 5.74) is 1.09. The first-order valence-electron chi connectivity index (χ1n) is 7.83. The van der Waals surface area contributed by atoms with E-state index in [2.05, 4.69) is 5.32 Å². The van der Waals surface area contributed by atoms with E-state index in [0.29, 0.717) is 0 Å². The van der Waals surface area contributed by atoms with E-state index in [9.17, 15) is 21.6 Å². The van der Waals surface area contributed by atoms with Crippen LogP contribution < -0.4 is 15.2 Å². The van der Waals surface area contributed by atoms with Gasteiger partial charge in [-0.1, -0.05) is 17.7 Å². The molecule has 3 N–H and O–H groups in total. The van der Waals surface area contributed by atoms with Crippen LogP contribution in [-0.4, -0.2) is 35.6 Å². The highest BCUT2D eigenvalue weighted by atomic mass is 32.2. The number of ether oxygens (including phenoxy) is 1. The number of rotatable bonds is 7. The molecule has 2 rings (SSSR count). The number of amides is 1. The minimum absolute atomic E-state index is 0.0393. The minimum Gasteiger partial charge on any atom is -0.495 e. The Hall–Kier alpha value is -2.43. The van der Waals surface area contributed by atoms with Gasteiger partial charge in [-0.3, -0.25) is 4.79 Å². The topological polar surface area (TPSA) is 133 Å². The fraction of sp³-hybridized carbons (Fsp3) is 0.235. The molecule has 0 aliphatic carbocycles. The van der Waals surface area contributed by atoms with E-state index in [1.54, 1.807) is 12.1 Å². The monoisotopic (exact) mass is 412 g/mol. The Bertz CT molecular complexity index is 1050. The fourth-order valence-electron chi connectivity index (χ4n) is 2.29. The van der Waals surface area contributed by atoms with Crippen molar-refractivity contribution in [1.82, 2.24) is 0 Å². The van der Waals surface area contributed by atoms with Gasteiger partial charge in [-0.25, -0.2) is 22.0 Å². The number of carbonyl (C=O) groups excluding carboxylic acids is 1. The molecule has 0 radical (unpaired) electrons. The number of nitrogens with one attached hydrogen (secondary N) is 1. The van der Waals surface area contributed by atoms with Gasteiger partial charge >= 0.3 is 0 Å². The number of anilines is 1. The van der Waals surface area contributed by atoms with E-state index in [1.807, 2.05) is 6.92 Å². The Morgan fingerprint density at radius 2 is 1.70 bits per heavy atom. The number of hydrogen-bond acceptors (Lipinski definition) is 6. The molecule has 146 valence electrons. The van der Waals surface area contributed by atoms with Crippen LogP contribution >= 0.6 is 0 Å². The summed E-state index contributed by atoms with van der Waals surface area (Å²) in [6.45, 7) is 1.84. The number of aryl methyl sites for hydroxylation is 1. The summed E-state index contributed by atoms with van der Waals surface area (Å²) in [6, 6.07) is 10.3. The molecule has 0 spiro atoms. The summed E-state index contributed by atoms with van der Waals surface area (Å²) in [5.74, 6) is -0.909. The van der Waals surface area contributed by atoms with Crippen LogP contribution in [0.25, 0.3) is 0 Å². The quantitative estimate of drug-likeness (QED) is 0.707. The highest BCUT2D eigenvalue weighted by Gasteiger charge is 2.18. The fourth-order valence-corrected chi connectivity index (χ4v) is 4.25. The Morgan fingerprint density at radius 3 is 2.26 bits per heavy atom. The standard InChI is InChI=1S/C17H20N2O6S2/c1-12-3-6-14(7-4-12)26(21,22)10-9-17(20)19-13-5-8-15(25-2)16(11-13)27(18,23)24/h3-8,11H,9-10H2,1-2H3,(H,19,20)(H2,18,23,24). The molecule has 27 heavy (non-hydrogen) atoms.